The standard InChI is InChI=1S/C19H29N3O4/c1-4-5-6-7-10-22-13-19(26-18(22)24)8-11-21(12-9-19)17(23)16-14(2)25-15(3)20-16/h4-13H2,1-3H3. The van der Waals surface area contributed by atoms with Crippen molar-refractivity contribution < 1.29 is 18.7 Å². The molecule has 2 aliphatic rings. The topological polar surface area (TPSA) is 75.9 Å². The maximum atomic E-state index is 12.7. The van der Waals surface area contributed by atoms with Gasteiger partial charge in [-0.05, 0) is 13.3 Å². The quantitative estimate of drug-likeness (QED) is 0.725. The molecular formula is C19H29N3O4. The molecule has 1 aromatic rings. The third-order valence-corrected chi connectivity index (χ3v) is 5.39. The summed E-state index contributed by atoms with van der Waals surface area (Å²) in [5.74, 6) is 0.955. The van der Waals surface area contributed by atoms with Gasteiger partial charge in [-0.15, -0.1) is 0 Å². The number of rotatable bonds is 6. The number of unbranched alkanes of at least 4 members (excludes halogenated alkanes) is 3. The Kier molecular flexibility index (Phi) is 5.53. The lowest BCUT2D eigenvalue weighted by Gasteiger charge is -2.37. The van der Waals surface area contributed by atoms with E-state index in [2.05, 4.69) is 11.9 Å². The molecule has 0 bridgehead atoms. The molecule has 0 aromatic carbocycles. The lowest BCUT2D eigenvalue weighted by atomic mass is 9.91. The fraction of sp³-hybridized carbons (Fsp3) is 0.737. The maximum Gasteiger partial charge on any atom is 0.410 e. The van der Waals surface area contributed by atoms with Crippen molar-refractivity contribution >= 4 is 12.0 Å². The van der Waals surface area contributed by atoms with E-state index in [-0.39, 0.29) is 12.0 Å². The van der Waals surface area contributed by atoms with Gasteiger partial charge in [0.1, 0.15) is 11.4 Å². The predicted octanol–water partition coefficient (Wildman–Crippen LogP) is 3.30. The molecule has 3 heterocycles. The van der Waals surface area contributed by atoms with Crippen molar-refractivity contribution in [2.45, 2.75) is 64.9 Å². The van der Waals surface area contributed by atoms with Crippen LogP contribution < -0.4 is 0 Å². The number of carbonyl (C=O) groups is 2. The number of likely N-dealkylation sites (tertiary alicyclic amines) is 1. The highest BCUT2D eigenvalue weighted by atomic mass is 16.6. The predicted molar refractivity (Wildman–Crippen MR) is 96.0 cm³/mol. The Hall–Kier alpha value is -2.05. The molecule has 1 aromatic heterocycles. The number of ether oxygens (including phenoxy) is 1. The van der Waals surface area contributed by atoms with E-state index in [0.29, 0.717) is 49.8 Å². The van der Waals surface area contributed by atoms with Gasteiger partial charge in [-0.2, -0.15) is 0 Å². The van der Waals surface area contributed by atoms with E-state index in [9.17, 15) is 9.59 Å². The highest BCUT2D eigenvalue weighted by Crippen LogP contribution is 2.34. The first-order chi connectivity index (χ1) is 12.4. The van der Waals surface area contributed by atoms with Crippen LogP contribution in [0.2, 0.25) is 0 Å². The lowest BCUT2D eigenvalue weighted by Crippen LogP contribution is -2.49. The molecule has 26 heavy (non-hydrogen) atoms. The molecule has 3 rings (SSSR count). The molecule has 1 spiro atoms. The van der Waals surface area contributed by atoms with Crippen molar-refractivity contribution in [1.29, 1.82) is 0 Å². The smallest absolute Gasteiger partial charge is 0.410 e. The molecule has 2 aliphatic heterocycles. The van der Waals surface area contributed by atoms with Crippen LogP contribution in [-0.2, 0) is 4.74 Å². The van der Waals surface area contributed by atoms with Crippen LogP contribution in [0.3, 0.4) is 0 Å². The average molecular weight is 363 g/mol. The summed E-state index contributed by atoms with van der Waals surface area (Å²) in [4.78, 5) is 32.7. The molecule has 7 nitrogen and oxygen atoms in total. The lowest BCUT2D eigenvalue weighted by molar-refractivity contribution is 0.00294. The van der Waals surface area contributed by atoms with Crippen LogP contribution in [0, 0.1) is 13.8 Å². The number of hydrogen-bond acceptors (Lipinski definition) is 5. The van der Waals surface area contributed by atoms with Crippen LogP contribution in [-0.4, -0.2) is 58.6 Å². The molecule has 7 heteroatoms. The minimum absolute atomic E-state index is 0.102. The van der Waals surface area contributed by atoms with Gasteiger partial charge >= 0.3 is 6.09 Å². The molecule has 0 unspecified atom stereocenters. The maximum absolute atomic E-state index is 12.7. The Labute approximate surface area is 154 Å². The zero-order valence-electron chi connectivity index (χ0n) is 16.0. The van der Waals surface area contributed by atoms with Gasteiger partial charge in [0.05, 0.1) is 6.54 Å². The van der Waals surface area contributed by atoms with Crippen molar-refractivity contribution in [1.82, 2.24) is 14.8 Å². The molecular weight excluding hydrogens is 334 g/mol. The molecule has 0 saturated carbocycles. The van der Waals surface area contributed by atoms with Crippen LogP contribution in [0.5, 0.6) is 0 Å². The SMILES string of the molecule is CCCCCCN1CC2(CCN(C(=O)c3nc(C)oc3C)CC2)OC1=O. The van der Waals surface area contributed by atoms with E-state index in [0.717, 1.165) is 19.4 Å². The Morgan fingerprint density at radius 3 is 2.54 bits per heavy atom. The van der Waals surface area contributed by atoms with Gasteiger partial charge in [0, 0.05) is 39.4 Å². The molecule has 0 N–H and O–H groups in total. The highest BCUT2D eigenvalue weighted by Gasteiger charge is 2.47. The first-order valence-electron chi connectivity index (χ1n) is 9.65. The number of nitrogens with zero attached hydrogens (tertiary/aromatic N) is 3. The highest BCUT2D eigenvalue weighted by molar-refractivity contribution is 5.93. The summed E-state index contributed by atoms with van der Waals surface area (Å²) in [5, 5.41) is 0. The molecule has 2 amide bonds. The monoisotopic (exact) mass is 363 g/mol. The second-order valence-corrected chi connectivity index (χ2v) is 7.46. The van der Waals surface area contributed by atoms with Crippen LogP contribution in [0.15, 0.2) is 4.42 Å². The van der Waals surface area contributed by atoms with Crippen molar-refractivity contribution in [3.8, 4) is 0 Å². The summed E-state index contributed by atoms with van der Waals surface area (Å²) < 4.78 is 11.1. The van der Waals surface area contributed by atoms with Crippen LogP contribution >= 0.6 is 0 Å². The van der Waals surface area contributed by atoms with E-state index in [4.69, 9.17) is 9.15 Å². The first-order valence-corrected chi connectivity index (χ1v) is 9.65. The van der Waals surface area contributed by atoms with Gasteiger partial charge in [-0.25, -0.2) is 9.78 Å². The summed E-state index contributed by atoms with van der Waals surface area (Å²) in [6, 6.07) is 0. The molecule has 2 saturated heterocycles. The Morgan fingerprint density at radius 2 is 1.92 bits per heavy atom. The van der Waals surface area contributed by atoms with Crippen molar-refractivity contribution in [2.24, 2.45) is 0 Å². The molecule has 144 valence electrons. The Bertz CT molecular complexity index is 662. The van der Waals surface area contributed by atoms with Crippen LogP contribution in [0.25, 0.3) is 0 Å². The van der Waals surface area contributed by atoms with E-state index in [1.165, 1.54) is 12.8 Å². The number of oxazole rings is 1. The first kappa shape index (κ1) is 18.7. The van der Waals surface area contributed by atoms with Crippen molar-refractivity contribution in [3.63, 3.8) is 0 Å². The van der Waals surface area contributed by atoms with Gasteiger partial charge in [-0.1, -0.05) is 26.2 Å². The largest absolute Gasteiger partial charge is 0.445 e. The Balaban J connectivity index is 1.54. The van der Waals surface area contributed by atoms with Crippen molar-refractivity contribution in [2.75, 3.05) is 26.2 Å². The summed E-state index contributed by atoms with van der Waals surface area (Å²) in [6.07, 6.45) is 5.69. The van der Waals surface area contributed by atoms with Gasteiger partial charge in [0.2, 0.25) is 0 Å². The Morgan fingerprint density at radius 1 is 1.19 bits per heavy atom. The zero-order valence-corrected chi connectivity index (χ0v) is 16.0. The van der Waals surface area contributed by atoms with Gasteiger partial charge in [-0.3, -0.25) is 4.79 Å². The molecule has 2 fully saturated rings. The van der Waals surface area contributed by atoms with Gasteiger partial charge in [0.15, 0.2) is 11.6 Å². The zero-order chi connectivity index (χ0) is 18.7. The number of carbonyl (C=O) groups excluding carboxylic acids is 2. The third kappa shape index (κ3) is 3.86. The summed E-state index contributed by atoms with van der Waals surface area (Å²) in [5.41, 5.74) is -0.0487. The second kappa shape index (κ2) is 7.68. The summed E-state index contributed by atoms with van der Waals surface area (Å²) in [7, 11) is 0. The minimum Gasteiger partial charge on any atom is -0.445 e. The van der Waals surface area contributed by atoms with E-state index in [1.54, 1.807) is 18.7 Å². The average Bonchev–Trinajstić information content (AvgIpc) is 3.10. The second-order valence-electron chi connectivity index (χ2n) is 7.46. The fourth-order valence-electron chi connectivity index (χ4n) is 3.85. The molecule has 0 atom stereocenters. The number of aryl methyl sites for hydroxylation is 2. The van der Waals surface area contributed by atoms with Crippen molar-refractivity contribution in [3.05, 3.63) is 17.3 Å². The number of piperidine rings is 1. The number of hydrogen-bond donors (Lipinski definition) is 0. The van der Waals surface area contributed by atoms with Crippen LogP contribution in [0.1, 0.15) is 67.6 Å². The van der Waals surface area contributed by atoms with Gasteiger partial charge in [0.25, 0.3) is 5.91 Å². The van der Waals surface area contributed by atoms with E-state index >= 15 is 0 Å². The van der Waals surface area contributed by atoms with Crippen LogP contribution in [0.4, 0.5) is 4.79 Å². The van der Waals surface area contributed by atoms with E-state index in [1.807, 2.05) is 4.90 Å². The minimum atomic E-state index is -0.437. The number of amides is 2. The molecule has 0 aliphatic carbocycles. The molecule has 0 radical (unpaired) electrons. The summed E-state index contributed by atoms with van der Waals surface area (Å²) >= 11 is 0. The van der Waals surface area contributed by atoms with Gasteiger partial charge < -0.3 is 19.0 Å². The summed E-state index contributed by atoms with van der Waals surface area (Å²) in [6.45, 7) is 8.22. The number of aromatic nitrogens is 1. The fourth-order valence-corrected chi connectivity index (χ4v) is 3.85. The van der Waals surface area contributed by atoms with E-state index < -0.39 is 5.60 Å². The normalized spacial score (nSPS) is 19.3. The third-order valence-electron chi connectivity index (χ3n) is 5.39.